The number of esters is 2. The molecule has 0 N–H and O–H groups in total. The topological polar surface area (TPSA) is 52.6 Å². The number of carbonyl (C=O) groups excluding carboxylic acids is 2. The molecule has 0 heterocycles. The van der Waals surface area contributed by atoms with Gasteiger partial charge < -0.3 is 9.47 Å². The number of rotatable bonds is 6. The first-order valence-corrected chi connectivity index (χ1v) is 7.02. The summed E-state index contributed by atoms with van der Waals surface area (Å²) in [5.41, 5.74) is 0.815. The Kier molecular flexibility index (Phi) is 6.96. The normalized spacial score (nSPS) is 12.4. The lowest BCUT2D eigenvalue weighted by Crippen LogP contribution is -2.29. The second-order valence-electron chi connectivity index (χ2n) is 4.96. The van der Waals surface area contributed by atoms with E-state index in [4.69, 9.17) is 16.3 Å². The molecule has 1 aromatic carbocycles. The zero-order valence-corrected chi connectivity index (χ0v) is 13.1. The molecule has 5 heteroatoms. The van der Waals surface area contributed by atoms with E-state index in [2.05, 4.69) is 4.74 Å². The molecule has 0 aromatic heterocycles. The minimum atomic E-state index is -0.877. The summed E-state index contributed by atoms with van der Waals surface area (Å²) >= 11 is 5.78. The molecule has 4 nitrogen and oxygen atoms in total. The maximum Gasteiger partial charge on any atom is 0.347 e. The summed E-state index contributed by atoms with van der Waals surface area (Å²) in [6.07, 6.45) is 2.42. The second kappa shape index (κ2) is 8.47. The average Bonchev–Trinajstić information content (AvgIpc) is 2.44. The molecule has 21 heavy (non-hydrogen) atoms. The molecule has 1 rings (SSSR count). The van der Waals surface area contributed by atoms with Gasteiger partial charge in [-0.1, -0.05) is 37.6 Å². The van der Waals surface area contributed by atoms with Crippen LogP contribution in [0.2, 0.25) is 5.02 Å². The van der Waals surface area contributed by atoms with Gasteiger partial charge in [-0.05, 0) is 36.1 Å². The molecule has 1 atom stereocenters. The Morgan fingerprint density at radius 3 is 2.38 bits per heavy atom. The van der Waals surface area contributed by atoms with Gasteiger partial charge in [-0.25, -0.2) is 9.59 Å². The van der Waals surface area contributed by atoms with E-state index in [1.54, 1.807) is 30.3 Å². The lowest BCUT2D eigenvalue weighted by Gasteiger charge is -2.16. The van der Waals surface area contributed by atoms with Crippen LogP contribution < -0.4 is 0 Å². The van der Waals surface area contributed by atoms with Gasteiger partial charge in [0.25, 0.3) is 0 Å². The number of ether oxygens (including phenoxy) is 2. The Labute approximate surface area is 129 Å². The zero-order valence-electron chi connectivity index (χ0n) is 12.3. The molecular formula is C16H19ClO4. The van der Waals surface area contributed by atoms with Crippen LogP contribution in [-0.2, 0) is 19.1 Å². The molecule has 1 unspecified atom stereocenters. The van der Waals surface area contributed by atoms with E-state index >= 15 is 0 Å². The van der Waals surface area contributed by atoms with Gasteiger partial charge in [-0.3, -0.25) is 0 Å². The molecular weight excluding hydrogens is 292 g/mol. The van der Waals surface area contributed by atoms with Crippen LogP contribution in [-0.4, -0.2) is 25.2 Å². The Morgan fingerprint density at radius 1 is 1.24 bits per heavy atom. The van der Waals surface area contributed by atoms with Gasteiger partial charge in [-0.15, -0.1) is 0 Å². The van der Waals surface area contributed by atoms with Crippen molar-refractivity contribution in [3.05, 3.63) is 40.9 Å². The van der Waals surface area contributed by atoms with Crippen molar-refractivity contribution in [2.45, 2.75) is 26.4 Å². The molecule has 0 bridgehead atoms. The van der Waals surface area contributed by atoms with Crippen molar-refractivity contribution in [2.75, 3.05) is 7.11 Å². The SMILES string of the molecule is COC(=O)C(CC(C)C)OC(=O)/C=C/c1ccc(Cl)cc1. The van der Waals surface area contributed by atoms with E-state index < -0.39 is 18.0 Å². The third-order valence-corrected chi connectivity index (χ3v) is 2.94. The first-order valence-electron chi connectivity index (χ1n) is 6.64. The van der Waals surface area contributed by atoms with Gasteiger partial charge in [-0.2, -0.15) is 0 Å². The van der Waals surface area contributed by atoms with Crippen LogP contribution in [0.4, 0.5) is 0 Å². The molecule has 0 saturated carbocycles. The highest BCUT2D eigenvalue weighted by Crippen LogP contribution is 2.12. The number of halogens is 1. The first-order chi connectivity index (χ1) is 9.92. The minimum absolute atomic E-state index is 0.210. The predicted octanol–water partition coefficient (Wildman–Crippen LogP) is 3.48. The Hall–Kier alpha value is -1.81. The summed E-state index contributed by atoms with van der Waals surface area (Å²) in [7, 11) is 1.27. The summed E-state index contributed by atoms with van der Waals surface area (Å²) in [5.74, 6) is -0.917. The summed E-state index contributed by atoms with van der Waals surface area (Å²) in [5, 5.41) is 0.623. The number of hydrogen-bond donors (Lipinski definition) is 0. The molecule has 0 fully saturated rings. The van der Waals surface area contributed by atoms with Gasteiger partial charge in [0.15, 0.2) is 6.10 Å². The molecule has 0 aliphatic rings. The van der Waals surface area contributed by atoms with Crippen LogP contribution in [0, 0.1) is 5.92 Å². The van der Waals surface area contributed by atoms with Crippen LogP contribution in [0.5, 0.6) is 0 Å². The predicted molar refractivity (Wildman–Crippen MR) is 81.8 cm³/mol. The standard InChI is InChI=1S/C16H19ClO4/c1-11(2)10-14(16(19)20-3)21-15(18)9-6-12-4-7-13(17)8-5-12/h4-9,11,14H,10H2,1-3H3/b9-6+. The van der Waals surface area contributed by atoms with Crippen molar-refractivity contribution in [2.24, 2.45) is 5.92 Å². The molecule has 0 radical (unpaired) electrons. The fourth-order valence-electron chi connectivity index (χ4n) is 1.67. The molecule has 0 spiro atoms. The van der Waals surface area contributed by atoms with E-state index in [-0.39, 0.29) is 5.92 Å². The molecule has 114 valence electrons. The second-order valence-corrected chi connectivity index (χ2v) is 5.40. The van der Waals surface area contributed by atoms with Gasteiger partial charge >= 0.3 is 11.9 Å². The van der Waals surface area contributed by atoms with E-state index in [1.807, 2.05) is 13.8 Å². The fourth-order valence-corrected chi connectivity index (χ4v) is 1.80. The van der Waals surface area contributed by atoms with Crippen LogP contribution >= 0.6 is 11.6 Å². The fraction of sp³-hybridized carbons (Fsp3) is 0.375. The Balaban J connectivity index is 2.64. The summed E-state index contributed by atoms with van der Waals surface area (Å²) in [6, 6.07) is 7.00. The molecule has 0 amide bonds. The number of hydrogen-bond acceptors (Lipinski definition) is 4. The highest BCUT2D eigenvalue weighted by molar-refractivity contribution is 6.30. The Bertz CT molecular complexity index is 506. The van der Waals surface area contributed by atoms with Gasteiger partial charge in [0.2, 0.25) is 0 Å². The van der Waals surface area contributed by atoms with Crippen LogP contribution in [0.15, 0.2) is 30.3 Å². The maximum absolute atomic E-state index is 11.8. The summed E-state index contributed by atoms with van der Waals surface area (Å²) in [6.45, 7) is 3.88. The average molecular weight is 311 g/mol. The third-order valence-electron chi connectivity index (χ3n) is 2.69. The lowest BCUT2D eigenvalue weighted by molar-refractivity contribution is -0.164. The maximum atomic E-state index is 11.8. The van der Waals surface area contributed by atoms with E-state index in [1.165, 1.54) is 13.2 Å². The minimum Gasteiger partial charge on any atom is -0.466 e. The monoisotopic (exact) mass is 310 g/mol. The van der Waals surface area contributed by atoms with Gasteiger partial charge in [0.05, 0.1) is 7.11 Å². The molecule has 0 saturated heterocycles. The third kappa shape index (κ3) is 6.45. The molecule has 1 aromatic rings. The first kappa shape index (κ1) is 17.2. The van der Waals surface area contributed by atoms with Crippen molar-refractivity contribution in [1.82, 2.24) is 0 Å². The van der Waals surface area contributed by atoms with E-state index in [0.717, 1.165) is 5.56 Å². The van der Waals surface area contributed by atoms with Crippen molar-refractivity contribution < 1.29 is 19.1 Å². The number of benzene rings is 1. The van der Waals surface area contributed by atoms with Crippen molar-refractivity contribution in [3.8, 4) is 0 Å². The van der Waals surface area contributed by atoms with Crippen LogP contribution in [0.25, 0.3) is 6.08 Å². The summed E-state index contributed by atoms with van der Waals surface area (Å²) < 4.78 is 9.77. The van der Waals surface area contributed by atoms with E-state index in [0.29, 0.717) is 11.4 Å². The number of methoxy groups -OCH3 is 1. The van der Waals surface area contributed by atoms with Crippen LogP contribution in [0.3, 0.4) is 0 Å². The smallest absolute Gasteiger partial charge is 0.347 e. The van der Waals surface area contributed by atoms with Crippen molar-refractivity contribution >= 4 is 29.6 Å². The van der Waals surface area contributed by atoms with E-state index in [9.17, 15) is 9.59 Å². The summed E-state index contributed by atoms with van der Waals surface area (Å²) in [4.78, 5) is 23.3. The van der Waals surface area contributed by atoms with Gasteiger partial charge in [0, 0.05) is 11.1 Å². The molecule has 0 aliphatic heterocycles. The van der Waals surface area contributed by atoms with Crippen molar-refractivity contribution in [3.63, 3.8) is 0 Å². The Morgan fingerprint density at radius 2 is 1.86 bits per heavy atom. The van der Waals surface area contributed by atoms with Crippen molar-refractivity contribution in [1.29, 1.82) is 0 Å². The van der Waals surface area contributed by atoms with Crippen LogP contribution in [0.1, 0.15) is 25.8 Å². The highest BCUT2D eigenvalue weighted by Gasteiger charge is 2.23. The number of carbonyl (C=O) groups is 2. The van der Waals surface area contributed by atoms with Gasteiger partial charge in [0.1, 0.15) is 0 Å². The molecule has 0 aliphatic carbocycles. The lowest BCUT2D eigenvalue weighted by atomic mass is 10.1. The zero-order chi connectivity index (χ0) is 15.8. The highest BCUT2D eigenvalue weighted by atomic mass is 35.5. The largest absolute Gasteiger partial charge is 0.466 e. The quantitative estimate of drug-likeness (QED) is 0.596.